The van der Waals surface area contributed by atoms with Crippen LogP contribution in [-0.2, 0) is 0 Å². The molecular weight excluding hydrogens is 306 g/mol. The van der Waals surface area contributed by atoms with Crippen molar-refractivity contribution in [3.63, 3.8) is 0 Å². The van der Waals surface area contributed by atoms with Crippen molar-refractivity contribution in [1.82, 2.24) is 9.38 Å². The van der Waals surface area contributed by atoms with E-state index in [2.05, 4.69) is 10.1 Å². The van der Waals surface area contributed by atoms with Gasteiger partial charge in [0.25, 0.3) is 0 Å². The summed E-state index contributed by atoms with van der Waals surface area (Å²) in [6.07, 6.45) is 3.64. The molecule has 0 amide bonds. The maximum Gasteiger partial charge on any atom is 0.155 e. The van der Waals surface area contributed by atoms with E-state index < -0.39 is 0 Å². The molecule has 0 bridgehead atoms. The molecule has 0 unspecified atom stereocenters. The number of nitrogens with zero attached hydrogens (tertiary/aromatic N) is 3. The molecule has 0 fully saturated rings. The molecule has 0 atom stereocenters. The first-order valence-corrected chi connectivity index (χ1v) is 7.60. The molecule has 3 heterocycles. The van der Waals surface area contributed by atoms with Crippen LogP contribution in [0.3, 0.4) is 0 Å². The van der Waals surface area contributed by atoms with Gasteiger partial charge >= 0.3 is 0 Å². The average Bonchev–Trinajstić information content (AvgIpc) is 3.08. The van der Waals surface area contributed by atoms with Gasteiger partial charge in [-0.05, 0) is 43.3 Å². The number of hydrogen-bond donors (Lipinski definition) is 1. The summed E-state index contributed by atoms with van der Waals surface area (Å²) >= 11 is 0. The third-order valence-electron chi connectivity index (χ3n) is 3.80. The maximum absolute atomic E-state index is 9.38. The van der Waals surface area contributed by atoms with Gasteiger partial charge in [0.05, 0.1) is 18.3 Å². The fourth-order valence-corrected chi connectivity index (χ4v) is 2.68. The molecule has 3 aromatic heterocycles. The molecule has 0 saturated heterocycles. The van der Waals surface area contributed by atoms with Crippen LogP contribution < -0.4 is 10.1 Å². The SMILES string of the molecule is CCOc1ccc2oc(-c3cc4cccn4cn3)cc(=NO)c2c1. The minimum absolute atomic E-state index is 0.407. The molecule has 0 radical (unpaired) electrons. The monoisotopic (exact) mass is 321 g/mol. The van der Waals surface area contributed by atoms with Gasteiger partial charge in [-0.2, -0.15) is 0 Å². The number of ether oxygens (including phenoxy) is 1. The van der Waals surface area contributed by atoms with E-state index in [0.29, 0.717) is 40.1 Å². The van der Waals surface area contributed by atoms with Crippen molar-refractivity contribution in [3.05, 3.63) is 60.3 Å². The van der Waals surface area contributed by atoms with E-state index in [-0.39, 0.29) is 0 Å². The van der Waals surface area contributed by atoms with Gasteiger partial charge in [-0.3, -0.25) is 0 Å². The highest BCUT2D eigenvalue weighted by Gasteiger charge is 2.09. The lowest BCUT2D eigenvalue weighted by Crippen LogP contribution is -2.04. The first kappa shape index (κ1) is 14.3. The molecule has 6 nitrogen and oxygen atoms in total. The topological polar surface area (TPSA) is 72.3 Å². The summed E-state index contributed by atoms with van der Waals surface area (Å²) in [6.45, 7) is 2.48. The summed E-state index contributed by atoms with van der Waals surface area (Å²) in [4.78, 5) is 4.40. The molecule has 0 spiro atoms. The Kier molecular flexibility index (Phi) is 3.42. The van der Waals surface area contributed by atoms with Gasteiger partial charge in [-0.1, -0.05) is 5.16 Å². The Morgan fingerprint density at radius 3 is 3.00 bits per heavy atom. The van der Waals surface area contributed by atoms with Crippen molar-refractivity contribution in [3.8, 4) is 17.2 Å². The van der Waals surface area contributed by atoms with E-state index in [1.807, 2.05) is 41.8 Å². The van der Waals surface area contributed by atoms with E-state index in [9.17, 15) is 5.21 Å². The average molecular weight is 321 g/mol. The van der Waals surface area contributed by atoms with Gasteiger partial charge in [0, 0.05) is 17.8 Å². The molecule has 24 heavy (non-hydrogen) atoms. The van der Waals surface area contributed by atoms with Gasteiger partial charge in [0.2, 0.25) is 0 Å². The van der Waals surface area contributed by atoms with Crippen LogP contribution in [0.1, 0.15) is 6.92 Å². The fourth-order valence-electron chi connectivity index (χ4n) is 2.68. The molecule has 1 aromatic carbocycles. The summed E-state index contributed by atoms with van der Waals surface area (Å²) in [5, 5.41) is 13.9. The van der Waals surface area contributed by atoms with E-state index in [0.717, 1.165) is 5.52 Å². The van der Waals surface area contributed by atoms with Crippen LogP contribution >= 0.6 is 0 Å². The molecule has 120 valence electrons. The van der Waals surface area contributed by atoms with Gasteiger partial charge in [0.15, 0.2) is 5.76 Å². The Bertz CT molecular complexity index is 1100. The number of aromatic nitrogens is 2. The zero-order valence-corrected chi connectivity index (χ0v) is 13.0. The second kappa shape index (κ2) is 5.73. The highest BCUT2D eigenvalue weighted by Crippen LogP contribution is 2.24. The number of rotatable bonds is 3. The van der Waals surface area contributed by atoms with Crippen LogP contribution in [0.2, 0.25) is 0 Å². The van der Waals surface area contributed by atoms with Crippen LogP contribution in [0.25, 0.3) is 27.9 Å². The summed E-state index contributed by atoms with van der Waals surface area (Å²) in [6, 6.07) is 12.9. The van der Waals surface area contributed by atoms with Crippen molar-refractivity contribution in [1.29, 1.82) is 0 Å². The first-order valence-electron chi connectivity index (χ1n) is 7.60. The van der Waals surface area contributed by atoms with Crippen LogP contribution in [0.4, 0.5) is 0 Å². The van der Waals surface area contributed by atoms with E-state index >= 15 is 0 Å². The van der Waals surface area contributed by atoms with Crippen LogP contribution in [0.5, 0.6) is 5.75 Å². The Morgan fingerprint density at radius 2 is 2.17 bits per heavy atom. The van der Waals surface area contributed by atoms with Crippen molar-refractivity contribution in [2.45, 2.75) is 6.92 Å². The smallest absolute Gasteiger partial charge is 0.155 e. The van der Waals surface area contributed by atoms with Crippen molar-refractivity contribution < 1.29 is 14.4 Å². The second-order valence-corrected chi connectivity index (χ2v) is 5.30. The van der Waals surface area contributed by atoms with Gasteiger partial charge in [-0.15, -0.1) is 0 Å². The largest absolute Gasteiger partial charge is 0.494 e. The van der Waals surface area contributed by atoms with Crippen LogP contribution in [0.15, 0.2) is 64.6 Å². The molecule has 4 rings (SSSR count). The van der Waals surface area contributed by atoms with Crippen LogP contribution in [-0.4, -0.2) is 21.2 Å². The lowest BCUT2D eigenvalue weighted by molar-refractivity contribution is 0.302. The minimum Gasteiger partial charge on any atom is -0.494 e. The van der Waals surface area contributed by atoms with Gasteiger partial charge in [0.1, 0.15) is 22.4 Å². The zero-order chi connectivity index (χ0) is 16.5. The number of fused-ring (bicyclic) bond motifs is 2. The Morgan fingerprint density at radius 1 is 1.25 bits per heavy atom. The highest BCUT2D eigenvalue weighted by atomic mass is 16.5. The Labute approximate surface area is 137 Å². The normalized spacial score (nSPS) is 12.1. The van der Waals surface area contributed by atoms with Crippen molar-refractivity contribution in [2.24, 2.45) is 5.16 Å². The van der Waals surface area contributed by atoms with Crippen molar-refractivity contribution in [2.75, 3.05) is 6.61 Å². The van der Waals surface area contributed by atoms with Crippen molar-refractivity contribution >= 4 is 16.5 Å². The molecule has 6 heteroatoms. The predicted octanol–water partition coefficient (Wildman–Crippen LogP) is 3.44. The summed E-state index contributed by atoms with van der Waals surface area (Å²) in [7, 11) is 0. The first-order chi connectivity index (χ1) is 11.8. The molecule has 0 aliphatic rings. The van der Waals surface area contributed by atoms with E-state index in [4.69, 9.17) is 9.15 Å². The second-order valence-electron chi connectivity index (χ2n) is 5.30. The zero-order valence-electron chi connectivity index (χ0n) is 13.0. The number of benzene rings is 1. The third kappa shape index (κ3) is 2.38. The van der Waals surface area contributed by atoms with Gasteiger partial charge < -0.3 is 18.8 Å². The lowest BCUT2D eigenvalue weighted by atomic mass is 10.2. The van der Waals surface area contributed by atoms with E-state index in [1.165, 1.54) is 0 Å². The predicted molar refractivity (Wildman–Crippen MR) is 88.9 cm³/mol. The Hall–Kier alpha value is -3.28. The lowest BCUT2D eigenvalue weighted by Gasteiger charge is -2.07. The minimum atomic E-state index is 0.407. The molecule has 0 aliphatic heterocycles. The molecule has 1 N–H and O–H groups in total. The Balaban J connectivity index is 1.91. The summed E-state index contributed by atoms with van der Waals surface area (Å²) < 4.78 is 13.4. The van der Waals surface area contributed by atoms with Crippen LogP contribution in [0, 0.1) is 0 Å². The summed E-state index contributed by atoms with van der Waals surface area (Å²) in [5.41, 5.74) is 2.27. The fraction of sp³-hybridized carbons (Fsp3) is 0.111. The molecule has 0 aliphatic carbocycles. The maximum atomic E-state index is 9.38. The highest BCUT2D eigenvalue weighted by molar-refractivity contribution is 5.80. The third-order valence-corrected chi connectivity index (χ3v) is 3.80. The molecule has 0 saturated carbocycles. The molecular formula is C18H15N3O3. The summed E-state index contributed by atoms with van der Waals surface area (Å²) in [5.74, 6) is 1.23. The van der Waals surface area contributed by atoms with E-state index in [1.54, 1.807) is 24.5 Å². The quantitative estimate of drug-likeness (QED) is 0.463. The standard InChI is InChI=1S/C18H15N3O3/c1-2-23-13-5-6-17-14(9-13)15(20-22)10-18(24-17)16-8-12-4-3-7-21(12)11-19-16/h3-11,22H,2H2,1H3. The molecule has 4 aromatic rings. The number of hydrogen-bond acceptors (Lipinski definition) is 5. The van der Waals surface area contributed by atoms with Gasteiger partial charge in [-0.25, -0.2) is 4.98 Å².